The van der Waals surface area contributed by atoms with Crippen LogP contribution in [0.4, 0.5) is 14.5 Å². The number of hydrazine groups is 1. The monoisotopic (exact) mass is 379 g/mol. The van der Waals surface area contributed by atoms with Gasteiger partial charge in [-0.1, -0.05) is 12.1 Å². The van der Waals surface area contributed by atoms with Crippen molar-refractivity contribution in [2.45, 2.75) is 0 Å². The van der Waals surface area contributed by atoms with Crippen LogP contribution >= 0.6 is 11.8 Å². The highest BCUT2D eigenvalue weighted by atomic mass is 32.2. The van der Waals surface area contributed by atoms with Gasteiger partial charge >= 0.3 is 0 Å². The molecule has 0 fully saturated rings. The molecule has 0 aliphatic rings. The lowest BCUT2D eigenvalue weighted by Crippen LogP contribution is -2.42. The maximum Gasteiger partial charge on any atom is 0.269 e. The Kier molecular flexibility index (Phi) is 7.10. The van der Waals surface area contributed by atoms with Gasteiger partial charge in [0.15, 0.2) is 0 Å². The van der Waals surface area contributed by atoms with E-state index in [1.165, 1.54) is 30.3 Å². The van der Waals surface area contributed by atoms with E-state index in [4.69, 9.17) is 0 Å². The lowest BCUT2D eigenvalue weighted by molar-refractivity contribution is -0.119. The first-order chi connectivity index (χ1) is 12.5. The number of carbonyl (C=O) groups is 3. The highest BCUT2D eigenvalue weighted by Gasteiger charge is 2.10. The second-order valence-corrected chi connectivity index (χ2v) is 6.02. The van der Waals surface area contributed by atoms with Crippen molar-refractivity contribution in [2.24, 2.45) is 0 Å². The van der Waals surface area contributed by atoms with Crippen LogP contribution in [0, 0.1) is 11.6 Å². The number of thioether (sulfide) groups is 1. The second-order valence-electron chi connectivity index (χ2n) is 5.03. The van der Waals surface area contributed by atoms with Gasteiger partial charge in [0.25, 0.3) is 5.91 Å². The Balaban J connectivity index is 1.67. The van der Waals surface area contributed by atoms with Gasteiger partial charge in [0.05, 0.1) is 17.2 Å². The minimum Gasteiger partial charge on any atom is -0.323 e. The molecule has 0 spiro atoms. The molecular weight excluding hydrogens is 364 g/mol. The molecule has 0 heterocycles. The molecule has 3 amide bonds. The third kappa shape index (κ3) is 6.17. The van der Waals surface area contributed by atoms with Crippen molar-refractivity contribution in [3.05, 3.63) is 65.7 Å². The van der Waals surface area contributed by atoms with Crippen LogP contribution in [0.3, 0.4) is 0 Å². The molecular formula is C17H15F2N3O3S. The fourth-order valence-electron chi connectivity index (χ4n) is 1.82. The lowest BCUT2D eigenvalue weighted by Gasteiger charge is -2.08. The minimum atomic E-state index is -0.597. The van der Waals surface area contributed by atoms with E-state index < -0.39 is 29.4 Å². The first-order valence-electron chi connectivity index (χ1n) is 7.42. The Morgan fingerprint density at radius 3 is 2.19 bits per heavy atom. The summed E-state index contributed by atoms with van der Waals surface area (Å²) in [5.74, 6) is -2.75. The van der Waals surface area contributed by atoms with Crippen molar-refractivity contribution in [1.82, 2.24) is 10.9 Å². The van der Waals surface area contributed by atoms with E-state index in [0.29, 0.717) is 0 Å². The normalized spacial score (nSPS) is 10.1. The molecule has 0 aliphatic heterocycles. The number of rotatable bonds is 6. The van der Waals surface area contributed by atoms with Gasteiger partial charge in [0.1, 0.15) is 11.6 Å². The second kappa shape index (κ2) is 9.52. The van der Waals surface area contributed by atoms with Crippen LogP contribution in [-0.4, -0.2) is 29.2 Å². The first-order valence-corrected chi connectivity index (χ1v) is 8.58. The molecule has 0 bridgehead atoms. The summed E-state index contributed by atoms with van der Waals surface area (Å²) in [6.07, 6.45) is 0. The molecule has 136 valence electrons. The molecule has 0 aromatic heterocycles. The minimum absolute atomic E-state index is 0.0618. The smallest absolute Gasteiger partial charge is 0.269 e. The summed E-state index contributed by atoms with van der Waals surface area (Å²) >= 11 is 0.997. The topological polar surface area (TPSA) is 87.3 Å². The molecule has 6 nitrogen and oxygen atoms in total. The van der Waals surface area contributed by atoms with Gasteiger partial charge in [0, 0.05) is 5.56 Å². The summed E-state index contributed by atoms with van der Waals surface area (Å²) in [6.45, 7) is 0. The Labute approximate surface area is 152 Å². The average Bonchev–Trinajstić information content (AvgIpc) is 2.62. The summed E-state index contributed by atoms with van der Waals surface area (Å²) in [6, 6.07) is 10.5. The molecule has 0 unspecified atom stereocenters. The fraction of sp³-hybridized carbons (Fsp3) is 0.118. The molecule has 0 aliphatic carbocycles. The predicted octanol–water partition coefficient (Wildman–Crippen LogP) is 2.10. The summed E-state index contributed by atoms with van der Waals surface area (Å²) in [5.41, 5.74) is 4.61. The molecule has 2 aromatic carbocycles. The van der Waals surface area contributed by atoms with Crippen molar-refractivity contribution in [2.75, 3.05) is 16.8 Å². The van der Waals surface area contributed by atoms with Crippen LogP contribution < -0.4 is 16.2 Å². The van der Waals surface area contributed by atoms with E-state index in [1.54, 1.807) is 6.07 Å². The van der Waals surface area contributed by atoms with Gasteiger partial charge in [-0.3, -0.25) is 25.2 Å². The molecule has 2 aromatic rings. The third-order valence-corrected chi connectivity index (χ3v) is 3.97. The van der Waals surface area contributed by atoms with E-state index in [9.17, 15) is 23.2 Å². The van der Waals surface area contributed by atoms with Gasteiger partial charge in [0.2, 0.25) is 11.8 Å². The number of hydrogen-bond donors (Lipinski definition) is 3. The van der Waals surface area contributed by atoms with Gasteiger partial charge in [-0.05, 0) is 36.4 Å². The number of carbonyl (C=O) groups excluding carboxylic acids is 3. The van der Waals surface area contributed by atoms with Crippen molar-refractivity contribution < 1.29 is 23.2 Å². The van der Waals surface area contributed by atoms with Gasteiger partial charge < -0.3 is 5.32 Å². The molecule has 2 rings (SSSR count). The standard InChI is InChI=1S/C17H15F2N3O3S/c18-12-7-5-11(6-8-12)17(25)22-21-16(24)10-26-9-15(23)20-14-4-2-1-3-13(14)19/h1-8H,9-10H2,(H,20,23)(H,21,24)(H,22,25). The Morgan fingerprint density at radius 2 is 1.50 bits per heavy atom. The average molecular weight is 379 g/mol. The van der Waals surface area contributed by atoms with E-state index in [1.807, 2.05) is 0 Å². The summed E-state index contributed by atoms with van der Waals surface area (Å²) in [7, 11) is 0. The predicted molar refractivity (Wildman–Crippen MR) is 94.4 cm³/mol. The molecule has 0 radical (unpaired) electrons. The highest BCUT2D eigenvalue weighted by molar-refractivity contribution is 8.00. The SMILES string of the molecule is O=C(CSCC(=O)Nc1ccccc1F)NNC(=O)c1ccc(F)cc1. The van der Waals surface area contributed by atoms with Gasteiger partial charge in [-0.2, -0.15) is 0 Å². The maximum absolute atomic E-state index is 13.4. The quantitative estimate of drug-likeness (QED) is 0.671. The number of anilines is 1. The van der Waals surface area contributed by atoms with E-state index in [2.05, 4.69) is 16.2 Å². The van der Waals surface area contributed by atoms with Crippen molar-refractivity contribution in [1.29, 1.82) is 0 Å². The van der Waals surface area contributed by atoms with Crippen LogP contribution in [0.15, 0.2) is 48.5 Å². The van der Waals surface area contributed by atoms with Crippen molar-refractivity contribution in [3.63, 3.8) is 0 Å². The van der Waals surface area contributed by atoms with Crippen LogP contribution in [0.1, 0.15) is 10.4 Å². The number of halogens is 2. The Bertz CT molecular complexity index is 800. The number of amides is 3. The van der Waals surface area contributed by atoms with Crippen LogP contribution in [0.25, 0.3) is 0 Å². The molecule has 3 N–H and O–H groups in total. The first kappa shape index (κ1) is 19.4. The summed E-state index contributed by atoms with van der Waals surface area (Å²) in [5, 5.41) is 2.39. The summed E-state index contributed by atoms with van der Waals surface area (Å²) in [4.78, 5) is 35.0. The lowest BCUT2D eigenvalue weighted by atomic mass is 10.2. The molecule has 0 saturated heterocycles. The largest absolute Gasteiger partial charge is 0.323 e. The van der Waals surface area contributed by atoms with E-state index >= 15 is 0 Å². The fourth-order valence-corrected chi connectivity index (χ4v) is 2.44. The Morgan fingerprint density at radius 1 is 0.846 bits per heavy atom. The van der Waals surface area contributed by atoms with Crippen LogP contribution in [-0.2, 0) is 9.59 Å². The summed E-state index contributed by atoms with van der Waals surface area (Å²) < 4.78 is 26.2. The number of para-hydroxylation sites is 1. The van der Waals surface area contributed by atoms with Gasteiger partial charge in [-0.15, -0.1) is 11.8 Å². The highest BCUT2D eigenvalue weighted by Crippen LogP contribution is 2.13. The molecule has 9 heteroatoms. The zero-order valence-electron chi connectivity index (χ0n) is 13.4. The Hall–Kier alpha value is -2.94. The molecule has 26 heavy (non-hydrogen) atoms. The van der Waals surface area contributed by atoms with Crippen LogP contribution in [0.2, 0.25) is 0 Å². The number of benzene rings is 2. The third-order valence-electron chi connectivity index (χ3n) is 3.04. The number of nitrogens with one attached hydrogen (secondary N) is 3. The van der Waals surface area contributed by atoms with E-state index in [0.717, 1.165) is 23.9 Å². The molecule has 0 saturated carbocycles. The van der Waals surface area contributed by atoms with Crippen molar-refractivity contribution in [3.8, 4) is 0 Å². The molecule has 0 atom stereocenters. The zero-order valence-corrected chi connectivity index (χ0v) is 14.2. The van der Waals surface area contributed by atoms with Gasteiger partial charge in [-0.25, -0.2) is 8.78 Å². The zero-order chi connectivity index (χ0) is 18.9. The number of hydrogen-bond acceptors (Lipinski definition) is 4. The van der Waals surface area contributed by atoms with Crippen molar-refractivity contribution >= 4 is 35.2 Å². The van der Waals surface area contributed by atoms with Crippen LogP contribution in [0.5, 0.6) is 0 Å². The maximum atomic E-state index is 13.4. The van der Waals surface area contributed by atoms with E-state index in [-0.39, 0.29) is 22.8 Å².